The summed E-state index contributed by atoms with van der Waals surface area (Å²) in [5.41, 5.74) is 0.124. The van der Waals surface area contributed by atoms with Crippen molar-refractivity contribution in [3.63, 3.8) is 0 Å². The molecule has 8 heteroatoms. The number of hydrogen-bond acceptors (Lipinski definition) is 4. The van der Waals surface area contributed by atoms with Gasteiger partial charge in [-0.15, -0.1) is 12.4 Å². The molecule has 1 N–H and O–H groups in total. The maximum absolute atomic E-state index is 12.6. The Labute approximate surface area is 133 Å². The number of hydrogen-bond donors (Lipinski definition) is 1. The molecular weight excluding hydrogens is 314 g/mol. The molecule has 0 aromatic rings. The van der Waals surface area contributed by atoms with Gasteiger partial charge in [-0.25, -0.2) is 12.7 Å². The van der Waals surface area contributed by atoms with Gasteiger partial charge in [-0.05, 0) is 44.7 Å². The summed E-state index contributed by atoms with van der Waals surface area (Å²) in [6.45, 7) is 4.53. The molecular formula is C13H26ClN3O3S. The number of piperidine rings is 1. The Morgan fingerprint density at radius 2 is 1.81 bits per heavy atom. The first kappa shape index (κ1) is 18.7. The van der Waals surface area contributed by atoms with E-state index in [1.807, 2.05) is 0 Å². The minimum absolute atomic E-state index is 0. The number of nitrogens with zero attached hydrogens (tertiary/aromatic N) is 2. The van der Waals surface area contributed by atoms with Crippen LogP contribution in [0.25, 0.3) is 0 Å². The van der Waals surface area contributed by atoms with Gasteiger partial charge in [0.25, 0.3) is 0 Å². The highest BCUT2D eigenvalue weighted by Gasteiger charge is 2.45. The number of halogens is 1. The molecule has 1 atom stereocenters. The van der Waals surface area contributed by atoms with E-state index < -0.39 is 15.3 Å². The van der Waals surface area contributed by atoms with Crippen molar-refractivity contribution in [3.05, 3.63) is 0 Å². The molecule has 2 rings (SSSR count). The van der Waals surface area contributed by atoms with Crippen molar-refractivity contribution in [1.29, 1.82) is 0 Å². The van der Waals surface area contributed by atoms with Crippen LogP contribution in [-0.4, -0.2) is 69.1 Å². The topological polar surface area (TPSA) is 69.7 Å². The average Bonchev–Trinajstić information content (AvgIpc) is 2.82. The monoisotopic (exact) mass is 339 g/mol. The van der Waals surface area contributed by atoms with Crippen LogP contribution in [0.5, 0.6) is 0 Å². The van der Waals surface area contributed by atoms with E-state index in [4.69, 9.17) is 0 Å². The lowest BCUT2D eigenvalue weighted by Gasteiger charge is -2.34. The van der Waals surface area contributed by atoms with E-state index in [0.29, 0.717) is 13.1 Å². The van der Waals surface area contributed by atoms with Crippen molar-refractivity contribution < 1.29 is 13.2 Å². The summed E-state index contributed by atoms with van der Waals surface area (Å²) in [6, 6.07) is 0. The molecule has 0 aromatic heterocycles. The van der Waals surface area contributed by atoms with E-state index in [-0.39, 0.29) is 23.7 Å². The van der Waals surface area contributed by atoms with E-state index in [1.54, 1.807) is 14.1 Å². The van der Waals surface area contributed by atoms with E-state index >= 15 is 0 Å². The normalized spacial score (nSPS) is 23.6. The standard InChI is InChI=1S/C13H25N3O3S.ClH/c1-11(12(17)15(2)3)20(18,19)16-9-6-13(10-16)4-7-14-8-5-13;/h11,14H,4-10H2,1-3H3;1H. The summed E-state index contributed by atoms with van der Waals surface area (Å²) in [4.78, 5) is 13.3. The van der Waals surface area contributed by atoms with Gasteiger partial charge in [-0.3, -0.25) is 4.79 Å². The fraction of sp³-hybridized carbons (Fsp3) is 0.923. The predicted octanol–water partition coefficient (Wildman–Crippen LogP) is 0.290. The van der Waals surface area contributed by atoms with Gasteiger partial charge in [-0.1, -0.05) is 0 Å². The van der Waals surface area contributed by atoms with Crippen LogP contribution in [-0.2, 0) is 14.8 Å². The molecule has 2 aliphatic rings. The van der Waals surface area contributed by atoms with Crippen LogP contribution in [0.3, 0.4) is 0 Å². The third-order valence-electron chi connectivity index (χ3n) is 4.66. The summed E-state index contributed by atoms with van der Waals surface area (Å²) in [5, 5.41) is 2.33. The highest BCUT2D eigenvalue weighted by molar-refractivity contribution is 7.90. The Morgan fingerprint density at radius 1 is 1.24 bits per heavy atom. The number of carbonyl (C=O) groups is 1. The minimum Gasteiger partial charge on any atom is -0.348 e. The molecule has 0 radical (unpaired) electrons. The van der Waals surface area contributed by atoms with E-state index in [9.17, 15) is 13.2 Å². The number of rotatable bonds is 3. The van der Waals surface area contributed by atoms with E-state index in [2.05, 4.69) is 5.32 Å². The van der Waals surface area contributed by atoms with Crippen molar-refractivity contribution in [3.8, 4) is 0 Å². The van der Waals surface area contributed by atoms with Crippen molar-refractivity contribution in [1.82, 2.24) is 14.5 Å². The maximum Gasteiger partial charge on any atom is 0.241 e. The molecule has 0 aromatic carbocycles. The summed E-state index contributed by atoms with van der Waals surface area (Å²) in [7, 11) is -0.357. The molecule has 0 aliphatic carbocycles. The van der Waals surface area contributed by atoms with Crippen LogP contribution < -0.4 is 5.32 Å². The van der Waals surface area contributed by atoms with Crippen molar-refractivity contribution in [2.75, 3.05) is 40.3 Å². The van der Waals surface area contributed by atoms with Crippen LogP contribution in [0.1, 0.15) is 26.2 Å². The Morgan fingerprint density at radius 3 is 2.33 bits per heavy atom. The van der Waals surface area contributed by atoms with Crippen molar-refractivity contribution in [2.45, 2.75) is 31.4 Å². The van der Waals surface area contributed by atoms with Crippen LogP contribution in [0, 0.1) is 5.41 Å². The molecule has 0 saturated carbocycles. The predicted molar refractivity (Wildman–Crippen MR) is 85.1 cm³/mol. The summed E-state index contributed by atoms with van der Waals surface area (Å²) >= 11 is 0. The summed E-state index contributed by atoms with van der Waals surface area (Å²) < 4.78 is 26.7. The smallest absolute Gasteiger partial charge is 0.241 e. The van der Waals surface area contributed by atoms with Crippen molar-refractivity contribution >= 4 is 28.3 Å². The quantitative estimate of drug-likeness (QED) is 0.802. The molecule has 1 amide bonds. The molecule has 1 spiro atoms. The molecule has 0 bridgehead atoms. The number of amides is 1. The fourth-order valence-electron chi connectivity index (χ4n) is 3.19. The van der Waals surface area contributed by atoms with E-state index in [0.717, 1.165) is 32.4 Å². The maximum atomic E-state index is 12.6. The SMILES string of the molecule is CC(C(=O)N(C)C)S(=O)(=O)N1CCC2(CCNCC2)C1.Cl. The van der Waals surface area contributed by atoms with Gasteiger partial charge in [0.2, 0.25) is 15.9 Å². The molecule has 2 heterocycles. The molecule has 21 heavy (non-hydrogen) atoms. The zero-order valence-corrected chi connectivity index (χ0v) is 14.6. The molecule has 124 valence electrons. The summed E-state index contributed by atoms with van der Waals surface area (Å²) in [5.74, 6) is -0.351. The lowest BCUT2D eigenvalue weighted by atomic mass is 9.78. The van der Waals surface area contributed by atoms with Gasteiger partial charge in [0.1, 0.15) is 0 Å². The third kappa shape index (κ3) is 3.70. The first-order valence-corrected chi connectivity index (χ1v) is 8.70. The molecule has 6 nitrogen and oxygen atoms in total. The second kappa shape index (κ2) is 6.81. The highest BCUT2D eigenvalue weighted by Crippen LogP contribution is 2.40. The first-order chi connectivity index (χ1) is 9.28. The molecule has 2 fully saturated rings. The van der Waals surface area contributed by atoms with Gasteiger partial charge in [0, 0.05) is 27.2 Å². The molecule has 2 aliphatic heterocycles. The second-order valence-corrected chi connectivity index (χ2v) is 8.51. The Kier molecular flexibility index (Phi) is 6.06. The largest absolute Gasteiger partial charge is 0.348 e. The number of nitrogens with one attached hydrogen (secondary N) is 1. The van der Waals surface area contributed by atoms with Crippen LogP contribution >= 0.6 is 12.4 Å². The molecule has 1 unspecified atom stereocenters. The number of sulfonamides is 1. The third-order valence-corrected chi connectivity index (χ3v) is 6.79. The lowest BCUT2D eigenvalue weighted by molar-refractivity contribution is -0.128. The minimum atomic E-state index is -3.54. The lowest BCUT2D eigenvalue weighted by Crippen LogP contribution is -2.46. The van der Waals surface area contributed by atoms with E-state index in [1.165, 1.54) is 16.1 Å². The zero-order valence-electron chi connectivity index (χ0n) is 13.0. The Bertz CT molecular complexity index is 475. The van der Waals surface area contributed by atoms with Gasteiger partial charge >= 0.3 is 0 Å². The van der Waals surface area contributed by atoms with Gasteiger partial charge in [0.05, 0.1) is 0 Å². The number of carbonyl (C=O) groups excluding carboxylic acids is 1. The van der Waals surface area contributed by atoms with Gasteiger partial charge < -0.3 is 10.2 Å². The van der Waals surface area contributed by atoms with Crippen LogP contribution in [0.15, 0.2) is 0 Å². The van der Waals surface area contributed by atoms with Crippen LogP contribution in [0.4, 0.5) is 0 Å². The first-order valence-electron chi connectivity index (χ1n) is 7.19. The fourth-order valence-corrected chi connectivity index (χ4v) is 4.90. The average molecular weight is 340 g/mol. The highest BCUT2D eigenvalue weighted by atomic mass is 35.5. The van der Waals surface area contributed by atoms with Crippen LogP contribution in [0.2, 0.25) is 0 Å². The molecule has 2 saturated heterocycles. The zero-order chi connectivity index (χ0) is 15.0. The summed E-state index contributed by atoms with van der Waals surface area (Å²) in [6.07, 6.45) is 2.96. The second-order valence-electron chi connectivity index (χ2n) is 6.25. The Balaban J connectivity index is 0.00000220. The Hall–Kier alpha value is -0.370. The van der Waals surface area contributed by atoms with Crippen molar-refractivity contribution in [2.24, 2.45) is 5.41 Å². The van der Waals surface area contributed by atoms with Gasteiger partial charge in [0.15, 0.2) is 5.25 Å². The van der Waals surface area contributed by atoms with Gasteiger partial charge in [-0.2, -0.15) is 0 Å².